The number of rotatable bonds is 7. The van der Waals surface area contributed by atoms with Crippen LogP contribution in [0.15, 0.2) is 42.5 Å². The number of hydrogen-bond donors (Lipinski definition) is 4. The monoisotopic (exact) mass is 370 g/mol. The molecule has 1 unspecified atom stereocenters. The third kappa shape index (κ3) is 3.84. The molecule has 27 heavy (non-hydrogen) atoms. The van der Waals surface area contributed by atoms with Gasteiger partial charge < -0.3 is 30.3 Å². The van der Waals surface area contributed by atoms with Crippen molar-refractivity contribution >= 4 is 11.6 Å². The fraction of sp³-hybridized carbons (Fsp3) is 0.350. The van der Waals surface area contributed by atoms with Crippen LogP contribution in [-0.4, -0.2) is 41.4 Å². The lowest BCUT2D eigenvalue weighted by molar-refractivity contribution is -0.118. The highest BCUT2D eigenvalue weighted by atomic mass is 16.5. The number of β-amino-alcohol motifs (C(OH)–C–C–N with tert-alkyl or cyclic N) is 1. The fourth-order valence-electron chi connectivity index (χ4n) is 3.12. The van der Waals surface area contributed by atoms with E-state index in [4.69, 9.17) is 9.47 Å². The Hall–Kier alpha value is -2.77. The van der Waals surface area contributed by atoms with Crippen molar-refractivity contribution in [2.45, 2.75) is 24.5 Å². The number of nitrogens with one attached hydrogen (secondary N) is 2. The van der Waals surface area contributed by atoms with Gasteiger partial charge in [0.25, 0.3) is 5.91 Å². The zero-order chi connectivity index (χ0) is 18.9. The van der Waals surface area contributed by atoms with E-state index in [1.165, 1.54) is 6.07 Å². The van der Waals surface area contributed by atoms with Crippen LogP contribution in [0.2, 0.25) is 0 Å². The highest BCUT2D eigenvalue weighted by Gasteiger charge is 2.43. The van der Waals surface area contributed by atoms with Crippen LogP contribution >= 0.6 is 0 Å². The number of benzene rings is 2. The van der Waals surface area contributed by atoms with Crippen LogP contribution in [-0.2, 0) is 4.79 Å². The van der Waals surface area contributed by atoms with Gasteiger partial charge in [-0.3, -0.25) is 4.79 Å². The van der Waals surface area contributed by atoms with Gasteiger partial charge >= 0.3 is 0 Å². The lowest BCUT2D eigenvalue weighted by Gasteiger charge is -2.25. The smallest absolute Gasteiger partial charge is 0.262 e. The Kier molecular flexibility index (Phi) is 4.63. The third-order valence-corrected chi connectivity index (χ3v) is 4.92. The molecule has 0 radical (unpaired) electrons. The van der Waals surface area contributed by atoms with Crippen LogP contribution in [0.5, 0.6) is 17.2 Å². The summed E-state index contributed by atoms with van der Waals surface area (Å²) >= 11 is 0. The number of aliphatic hydroxyl groups excluding tert-OH is 1. The Balaban J connectivity index is 1.39. The van der Waals surface area contributed by atoms with Gasteiger partial charge in [0, 0.05) is 12.1 Å². The number of aliphatic hydroxyl groups is 1. The predicted molar refractivity (Wildman–Crippen MR) is 99.1 cm³/mol. The first kappa shape index (κ1) is 17.6. The quantitative estimate of drug-likeness (QED) is 0.556. The summed E-state index contributed by atoms with van der Waals surface area (Å²) in [5.74, 6) is 0.714. The van der Waals surface area contributed by atoms with E-state index in [0.717, 1.165) is 18.6 Å². The number of carbonyl (C=O) groups excluding carboxylic acids is 1. The topological polar surface area (TPSA) is 100 Å². The first-order valence-electron chi connectivity index (χ1n) is 8.96. The molecule has 0 aromatic heterocycles. The van der Waals surface area contributed by atoms with Gasteiger partial charge in [-0.15, -0.1) is 0 Å². The van der Waals surface area contributed by atoms with E-state index in [2.05, 4.69) is 10.6 Å². The molecule has 7 nitrogen and oxygen atoms in total. The molecule has 1 aliphatic carbocycles. The van der Waals surface area contributed by atoms with E-state index in [9.17, 15) is 15.0 Å². The molecule has 1 heterocycles. The second-order valence-corrected chi connectivity index (χ2v) is 6.99. The minimum Gasteiger partial charge on any atom is -0.506 e. The number of fused-ring (bicyclic) bond motifs is 1. The Morgan fingerprint density at radius 3 is 2.74 bits per heavy atom. The van der Waals surface area contributed by atoms with E-state index < -0.39 is 6.10 Å². The summed E-state index contributed by atoms with van der Waals surface area (Å²) < 4.78 is 11.3. The average molecular weight is 370 g/mol. The molecule has 1 aliphatic heterocycles. The summed E-state index contributed by atoms with van der Waals surface area (Å²) in [6, 6.07) is 12.7. The molecule has 2 aliphatic rings. The summed E-state index contributed by atoms with van der Waals surface area (Å²) in [5.41, 5.74) is 0.592. The fourth-order valence-corrected chi connectivity index (χ4v) is 3.12. The molecular weight excluding hydrogens is 348 g/mol. The Bertz CT molecular complexity index is 836. The molecule has 7 heteroatoms. The predicted octanol–water partition coefficient (Wildman–Crippen LogP) is 1.96. The second-order valence-electron chi connectivity index (χ2n) is 6.99. The van der Waals surface area contributed by atoms with E-state index in [1.807, 2.05) is 30.3 Å². The number of carbonyl (C=O) groups is 1. The van der Waals surface area contributed by atoms with Crippen molar-refractivity contribution < 1.29 is 24.5 Å². The molecule has 0 spiro atoms. The maximum atomic E-state index is 11.5. The van der Waals surface area contributed by atoms with Gasteiger partial charge in [0.05, 0.1) is 11.6 Å². The van der Waals surface area contributed by atoms with E-state index in [1.54, 1.807) is 6.07 Å². The number of aromatic hydroxyl groups is 1. The molecule has 4 rings (SSSR count). The van der Waals surface area contributed by atoms with Gasteiger partial charge in [0.15, 0.2) is 12.4 Å². The van der Waals surface area contributed by atoms with Crippen molar-refractivity contribution in [3.8, 4) is 17.2 Å². The normalized spacial score (nSPS) is 18.0. The molecule has 1 amide bonds. The maximum absolute atomic E-state index is 11.5. The third-order valence-electron chi connectivity index (χ3n) is 4.92. The maximum Gasteiger partial charge on any atom is 0.262 e. The number of anilines is 1. The Labute approximate surface area is 156 Å². The lowest BCUT2D eigenvalue weighted by Crippen LogP contribution is -2.39. The number of phenolic OH excluding ortho intramolecular Hbond substituents is 1. The van der Waals surface area contributed by atoms with E-state index in [0.29, 0.717) is 24.5 Å². The molecular formula is C20H22N2O5. The van der Waals surface area contributed by atoms with Crippen molar-refractivity contribution in [3.63, 3.8) is 0 Å². The number of amides is 1. The molecule has 142 valence electrons. The van der Waals surface area contributed by atoms with E-state index in [-0.39, 0.29) is 29.5 Å². The molecule has 0 saturated heterocycles. The zero-order valence-electron chi connectivity index (χ0n) is 14.8. The summed E-state index contributed by atoms with van der Waals surface area (Å²) in [5, 5.41) is 26.5. The van der Waals surface area contributed by atoms with Crippen molar-refractivity contribution in [1.29, 1.82) is 0 Å². The van der Waals surface area contributed by atoms with Gasteiger partial charge in [0.1, 0.15) is 23.8 Å². The first-order valence-corrected chi connectivity index (χ1v) is 8.96. The Morgan fingerprint density at radius 2 is 2.00 bits per heavy atom. The molecule has 4 N–H and O–H groups in total. The number of para-hydroxylation sites is 1. The molecule has 1 saturated carbocycles. The molecule has 2 aromatic carbocycles. The van der Waals surface area contributed by atoms with Crippen molar-refractivity contribution in [3.05, 3.63) is 48.0 Å². The summed E-state index contributed by atoms with van der Waals surface area (Å²) in [7, 11) is 0. The summed E-state index contributed by atoms with van der Waals surface area (Å²) in [6.07, 6.45) is 1.11. The number of ether oxygens (including phenoxy) is 2. The largest absolute Gasteiger partial charge is 0.506 e. The molecule has 2 aromatic rings. The molecule has 1 fully saturated rings. The van der Waals surface area contributed by atoms with Crippen molar-refractivity contribution in [2.75, 3.05) is 25.1 Å². The van der Waals surface area contributed by atoms with Gasteiger partial charge in [-0.25, -0.2) is 0 Å². The van der Waals surface area contributed by atoms with Crippen LogP contribution in [0.4, 0.5) is 5.69 Å². The second kappa shape index (κ2) is 7.09. The van der Waals surface area contributed by atoms with Gasteiger partial charge in [-0.2, -0.15) is 0 Å². The van der Waals surface area contributed by atoms with Crippen molar-refractivity contribution in [2.24, 2.45) is 0 Å². The lowest BCUT2D eigenvalue weighted by atomic mass is 10.0. The number of phenols is 1. The van der Waals surface area contributed by atoms with E-state index >= 15 is 0 Å². The molecule has 1 atom stereocenters. The highest BCUT2D eigenvalue weighted by molar-refractivity contribution is 5.97. The zero-order valence-corrected chi connectivity index (χ0v) is 14.8. The SMILES string of the molecule is O=C1COc2c(C(O)CNC3(COc4ccccc4)CC3)ccc(O)c2N1. The first-order chi connectivity index (χ1) is 13.1. The van der Waals surface area contributed by atoms with Crippen LogP contribution in [0.25, 0.3) is 0 Å². The minimum atomic E-state index is -0.844. The Morgan fingerprint density at radius 1 is 1.22 bits per heavy atom. The van der Waals surface area contributed by atoms with Crippen LogP contribution in [0.3, 0.4) is 0 Å². The number of hydrogen-bond acceptors (Lipinski definition) is 6. The summed E-state index contributed by atoms with van der Waals surface area (Å²) in [6.45, 7) is 0.703. The van der Waals surface area contributed by atoms with Gasteiger partial charge in [0.2, 0.25) is 0 Å². The average Bonchev–Trinajstić information content (AvgIpc) is 3.46. The van der Waals surface area contributed by atoms with Gasteiger partial charge in [-0.1, -0.05) is 18.2 Å². The van der Waals surface area contributed by atoms with Crippen LogP contribution in [0.1, 0.15) is 24.5 Å². The van der Waals surface area contributed by atoms with Crippen molar-refractivity contribution in [1.82, 2.24) is 5.32 Å². The summed E-state index contributed by atoms with van der Waals surface area (Å²) in [4.78, 5) is 11.5. The molecule has 0 bridgehead atoms. The minimum absolute atomic E-state index is 0.0862. The van der Waals surface area contributed by atoms with Crippen LogP contribution < -0.4 is 20.1 Å². The van der Waals surface area contributed by atoms with Gasteiger partial charge in [-0.05, 0) is 37.1 Å². The standard InChI is InChI=1S/C20H22N2O5/c23-15-7-6-14(19-18(15)22-17(25)11-26-19)16(24)10-21-20(8-9-20)12-27-13-4-2-1-3-5-13/h1-7,16,21,23-24H,8-12H2,(H,22,25). The highest BCUT2D eigenvalue weighted by Crippen LogP contribution is 2.42. The van der Waals surface area contributed by atoms with Crippen LogP contribution in [0, 0.1) is 0 Å².